The van der Waals surface area contributed by atoms with Gasteiger partial charge in [-0.15, -0.1) is 0 Å². The second kappa shape index (κ2) is 11.1. The van der Waals surface area contributed by atoms with E-state index in [-0.39, 0.29) is 11.8 Å². The number of nitrogens with zero attached hydrogens (tertiary/aromatic N) is 3. The number of hydrogen-bond donors (Lipinski definition) is 1. The maximum absolute atomic E-state index is 12.4. The summed E-state index contributed by atoms with van der Waals surface area (Å²) in [6.45, 7) is 5.22. The van der Waals surface area contributed by atoms with Crippen LogP contribution in [0.3, 0.4) is 0 Å². The number of anilines is 1. The Kier molecular flexibility index (Phi) is 7.96. The van der Waals surface area contributed by atoms with Crippen LogP contribution in [0.25, 0.3) is 11.4 Å². The van der Waals surface area contributed by atoms with E-state index in [2.05, 4.69) is 15.5 Å². The topological polar surface area (TPSA) is 97.6 Å². The highest BCUT2D eigenvalue weighted by molar-refractivity contribution is 5.95. The number of benzene rings is 2. The van der Waals surface area contributed by atoms with Crippen LogP contribution >= 0.6 is 0 Å². The van der Waals surface area contributed by atoms with E-state index in [9.17, 15) is 9.59 Å². The van der Waals surface area contributed by atoms with Crippen LogP contribution in [0.15, 0.2) is 53.1 Å². The molecule has 0 saturated carbocycles. The van der Waals surface area contributed by atoms with Gasteiger partial charge in [0.15, 0.2) is 0 Å². The van der Waals surface area contributed by atoms with E-state index in [1.54, 1.807) is 36.3 Å². The van der Waals surface area contributed by atoms with Gasteiger partial charge in [-0.2, -0.15) is 4.98 Å². The van der Waals surface area contributed by atoms with Gasteiger partial charge in [0.1, 0.15) is 5.75 Å². The maximum Gasteiger partial charge on any atom is 0.253 e. The lowest BCUT2D eigenvalue weighted by molar-refractivity contribution is -0.116. The summed E-state index contributed by atoms with van der Waals surface area (Å²) in [5, 5.41) is 6.85. The number of rotatable bonds is 10. The summed E-state index contributed by atoms with van der Waals surface area (Å²) in [4.78, 5) is 30.7. The van der Waals surface area contributed by atoms with Gasteiger partial charge < -0.3 is 19.5 Å². The highest BCUT2D eigenvalue weighted by Gasteiger charge is 2.13. The first-order valence-electron chi connectivity index (χ1n) is 10.7. The molecule has 2 amide bonds. The van der Waals surface area contributed by atoms with Gasteiger partial charge in [-0.1, -0.05) is 5.16 Å². The summed E-state index contributed by atoms with van der Waals surface area (Å²) in [5.41, 5.74) is 2.10. The lowest BCUT2D eigenvalue weighted by atomic mass is 10.1. The molecule has 0 bridgehead atoms. The number of carbonyl (C=O) groups excluding carboxylic acids is 2. The van der Waals surface area contributed by atoms with Gasteiger partial charge in [-0.25, -0.2) is 0 Å². The molecule has 168 valence electrons. The van der Waals surface area contributed by atoms with Crippen LogP contribution in [0.4, 0.5) is 5.69 Å². The lowest BCUT2D eigenvalue weighted by Gasteiger charge is -2.18. The van der Waals surface area contributed by atoms with Crippen LogP contribution in [0.1, 0.15) is 42.9 Å². The van der Waals surface area contributed by atoms with Crippen molar-refractivity contribution in [1.29, 1.82) is 0 Å². The zero-order chi connectivity index (χ0) is 22.9. The molecule has 0 saturated heterocycles. The first-order chi connectivity index (χ1) is 15.5. The zero-order valence-electron chi connectivity index (χ0n) is 18.6. The minimum absolute atomic E-state index is 0.0126. The Morgan fingerprint density at radius 1 is 1.03 bits per heavy atom. The van der Waals surface area contributed by atoms with Crippen LogP contribution in [-0.4, -0.2) is 47.1 Å². The Morgan fingerprint density at radius 2 is 1.72 bits per heavy atom. The second-order valence-corrected chi connectivity index (χ2v) is 7.20. The summed E-state index contributed by atoms with van der Waals surface area (Å²) < 4.78 is 10.4. The van der Waals surface area contributed by atoms with Crippen molar-refractivity contribution in [3.05, 3.63) is 60.0 Å². The minimum atomic E-state index is -0.109. The fourth-order valence-corrected chi connectivity index (χ4v) is 3.23. The molecule has 0 aliphatic rings. The molecule has 0 spiro atoms. The zero-order valence-corrected chi connectivity index (χ0v) is 18.6. The first-order valence-corrected chi connectivity index (χ1v) is 10.7. The van der Waals surface area contributed by atoms with Crippen molar-refractivity contribution in [3.8, 4) is 17.1 Å². The first kappa shape index (κ1) is 23.0. The van der Waals surface area contributed by atoms with E-state index in [1.165, 1.54) is 0 Å². The van der Waals surface area contributed by atoms with E-state index >= 15 is 0 Å². The third-order valence-electron chi connectivity index (χ3n) is 5.08. The second-order valence-electron chi connectivity index (χ2n) is 7.20. The van der Waals surface area contributed by atoms with Crippen molar-refractivity contribution < 1.29 is 18.8 Å². The van der Waals surface area contributed by atoms with Gasteiger partial charge in [0.2, 0.25) is 17.6 Å². The number of aryl methyl sites for hydroxylation is 1. The Labute approximate surface area is 187 Å². The summed E-state index contributed by atoms with van der Waals surface area (Å²) in [5.74, 6) is 1.63. The van der Waals surface area contributed by atoms with E-state index in [4.69, 9.17) is 9.26 Å². The highest BCUT2D eigenvalue weighted by Crippen LogP contribution is 2.20. The van der Waals surface area contributed by atoms with Crippen molar-refractivity contribution >= 4 is 17.5 Å². The number of carbonyl (C=O) groups is 2. The number of aromatic nitrogens is 2. The van der Waals surface area contributed by atoms with Crippen molar-refractivity contribution in [1.82, 2.24) is 15.0 Å². The molecule has 32 heavy (non-hydrogen) atoms. The molecule has 8 nitrogen and oxygen atoms in total. The molecular weight excluding hydrogens is 408 g/mol. The largest absolute Gasteiger partial charge is 0.497 e. The molecule has 1 heterocycles. The van der Waals surface area contributed by atoms with Crippen LogP contribution in [-0.2, 0) is 11.2 Å². The highest BCUT2D eigenvalue weighted by atomic mass is 16.5. The average molecular weight is 437 g/mol. The monoisotopic (exact) mass is 436 g/mol. The Morgan fingerprint density at radius 3 is 2.34 bits per heavy atom. The number of ether oxygens (including phenoxy) is 1. The van der Waals surface area contributed by atoms with Crippen LogP contribution in [0, 0.1) is 0 Å². The normalized spacial score (nSPS) is 10.6. The summed E-state index contributed by atoms with van der Waals surface area (Å²) in [7, 11) is 1.61. The standard InChI is InChI=1S/C24H28N4O4/c1-4-28(5-2)24(30)18-9-13-19(14-10-18)25-21(29)7-6-8-22-26-23(27-32-22)17-11-15-20(31-3)16-12-17/h9-16H,4-8H2,1-3H3,(H,25,29). The summed E-state index contributed by atoms with van der Waals surface area (Å²) in [6, 6.07) is 14.3. The van der Waals surface area contributed by atoms with Gasteiger partial charge in [0, 0.05) is 42.7 Å². The minimum Gasteiger partial charge on any atom is -0.497 e. The number of amides is 2. The fourth-order valence-electron chi connectivity index (χ4n) is 3.23. The summed E-state index contributed by atoms with van der Waals surface area (Å²) >= 11 is 0. The number of methoxy groups -OCH3 is 1. The number of hydrogen-bond acceptors (Lipinski definition) is 6. The molecular formula is C24H28N4O4. The molecule has 1 aromatic heterocycles. The van der Waals surface area contributed by atoms with Crippen molar-refractivity contribution in [2.45, 2.75) is 33.1 Å². The molecule has 1 N–H and O–H groups in total. The van der Waals surface area contributed by atoms with Crippen molar-refractivity contribution in [2.75, 3.05) is 25.5 Å². The van der Waals surface area contributed by atoms with Crippen LogP contribution in [0.2, 0.25) is 0 Å². The van der Waals surface area contributed by atoms with Gasteiger partial charge >= 0.3 is 0 Å². The lowest BCUT2D eigenvalue weighted by Crippen LogP contribution is -2.30. The van der Waals surface area contributed by atoms with E-state index in [1.807, 2.05) is 38.1 Å². The van der Waals surface area contributed by atoms with E-state index < -0.39 is 0 Å². The van der Waals surface area contributed by atoms with E-state index in [0.717, 1.165) is 11.3 Å². The van der Waals surface area contributed by atoms with Gasteiger partial charge in [0.25, 0.3) is 5.91 Å². The maximum atomic E-state index is 12.4. The van der Waals surface area contributed by atoms with Crippen LogP contribution < -0.4 is 10.1 Å². The third kappa shape index (κ3) is 5.94. The quantitative estimate of drug-likeness (QED) is 0.512. The molecule has 0 unspecified atom stereocenters. The molecule has 0 atom stereocenters. The Bertz CT molecular complexity index is 1020. The molecule has 0 radical (unpaired) electrons. The smallest absolute Gasteiger partial charge is 0.253 e. The predicted octanol–water partition coefficient (Wildman–Crippen LogP) is 4.19. The molecule has 0 aliphatic heterocycles. The van der Waals surface area contributed by atoms with Crippen molar-refractivity contribution in [3.63, 3.8) is 0 Å². The molecule has 2 aromatic carbocycles. The SMILES string of the molecule is CCN(CC)C(=O)c1ccc(NC(=O)CCCc2nc(-c3ccc(OC)cc3)no2)cc1. The Balaban J connectivity index is 1.46. The van der Waals surface area contributed by atoms with Gasteiger partial charge in [-0.3, -0.25) is 9.59 Å². The van der Waals surface area contributed by atoms with E-state index in [0.29, 0.717) is 55.3 Å². The summed E-state index contributed by atoms with van der Waals surface area (Å²) in [6.07, 6.45) is 1.41. The predicted molar refractivity (Wildman–Crippen MR) is 122 cm³/mol. The van der Waals surface area contributed by atoms with Crippen molar-refractivity contribution in [2.24, 2.45) is 0 Å². The van der Waals surface area contributed by atoms with Gasteiger partial charge in [-0.05, 0) is 68.8 Å². The fraction of sp³-hybridized carbons (Fsp3) is 0.333. The Hall–Kier alpha value is -3.68. The third-order valence-corrected chi connectivity index (χ3v) is 5.08. The molecule has 8 heteroatoms. The molecule has 0 fully saturated rings. The molecule has 3 rings (SSSR count). The number of nitrogens with one attached hydrogen (secondary N) is 1. The molecule has 0 aliphatic carbocycles. The molecule has 3 aromatic rings. The van der Waals surface area contributed by atoms with Gasteiger partial charge in [0.05, 0.1) is 7.11 Å². The average Bonchev–Trinajstić information content (AvgIpc) is 3.29. The van der Waals surface area contributed by atoms with Crippen LogP contribution in [0.5, 0.6) is 5.75 Å².